The van der Waals surface area contributed by atoms with Crippen LogP contribution in [0.15, 0.2) is 40.1 Å². The molecule has 2 heterocycles. The Morgan fingerprint density at radius 3 is 2.35 bits per heavy atom. The van der Waals surface area contributed by atoms with Gasteiger partial charge in [-0.05, 0) is 12.1 Å². The summed E-state index contributed by atoms with van der Waals surface area (Å²) in [5.74, 6) is 0. The molecule has 0 aliphatic carbocycles. The fourth-order valence-corrected chi connectivity index (χ4v) is 2.23. The van der Waals surface area contributed by atoms with Crippen LogP contribution in [-0.4, -0.2) is 24.0 Å². The third kappa shape index (κ3) is 2.27. The van der Waals surface area contributed by atoms with E-state index in [0.29, 0.717) is 11.3 Å². The Hall–Kier alpha value is -3.36. The second kappa shape index (κ2) is 5.13. The minimum atomic E-state index is -0.542. The predicted molar refractivity (Wildman–Crippen MR) is 82.1 cm³/mol. The highest BCUT2D eigenvalue weighted by atomic mass is 16.6. The fourth-order valence-electron chi connectivity index (χ4n) is 2.23. The molecule has 0 amide bonds. The first kappa shape index (κ1) is 14.6. The maximum atomic E-state index is 12.2. The van der Waals surface area contributed by atoms with Crippen LogP contribution in [0.2, 0.25) is 0 Å². The molecule has 9 nitrogen and oxygen atoms in total. The van der Waals surface area contributed by atoms with Crippen LogP contribution in [-0.2, 0) is 14.1 Å². The highest BCUT2D eigenvalue weighted by molar-refractivity contribution is 5.73. The Bertz CT molecular complexity index is 1050. The van der Waals surface area contributed by atoms with E-state index in [0.717, 1.165) is 4.57 Å². The Morgan fingerprint density at radius 2 is 1.74 bits per heavy atom. The summed E-state index contributed by atoms with van der Waals surface area (Å²) in [5, 5.41) is 10.7. The van der Waals surface area contributed by atoms with Crippen LogP contribution >= 0.6 is 0 Å². The van der Waals surface area contributed by atoms with Gasteiger partial charge in [0, 0.05) is 31.8 Å². The van der Waals surface area contributed by atoms with Gasteiger partial charge in [-0.3, -0.25) is 24.0 Å². The van der Waals surface area contributed by atoms with Gasteiger partial charge in [0.1, 0.15) is 0 Å². The van der Waals surface area contributed by atoms with E-state index in [9.17, 15) is 19.7 Å². The van der Waals surface area contributed by atoms with Crippen molar-refractivity contribution in [2.24, 2.45) is 14.1 Å². The molecule has 9 heteroatoms. The van der Waals surface area contributed by atoms with Crippen LogP contribution in [0.1, 0.15) is 0 Å². The van der Waals surface area contributed by atoms with Gasteiger partial charge in [0.2, 0.25) is 0 Å². The minimum Gasteiger partial charge on any atom is -0.279 e. The average Bonchev–Trinajstić information content (AvgIpc) is 2.57. The van der Waals surface area contributed by atoms with E-state index in [2.05, 4.69) is 9.97 Å². The molecule has 3 aromatic rings. The molecule has 0 bridgehead atoms. The molecule has 1 aromatic carbocycles. The lowest BCUT2D eigenvalue weighted by atomic mass is 10.1. The van der Waals surface area contributed by atoms with Crippen molar-refractivity contribution in [2.75, 3.05) is 0 Å². The summed E-state index contributed by atoms with van der Waals surface area (Å²) in [5.41, 5.74) is 0.151. The van der Waals surface area contributed by atoms with Gasteiger partial charge < -0.3 is 0 Å². The molecule has 2 aromatic heterocycles. The van der Waals surface area contributed by atoms with Gasteiger partial charge in [-0.2, -0.15) is 0 Å². The molecule has 0 saturated heterocycles. The number of nitro groups is 1. The summed E-state index contributed by atoms with van der Waals surface area (Å²) in [7, 11) is 2.87. The SMILES string of the molecule is Cn1c(=O)c2nc(-c3ccc([N+](=O)[O-])cc3)cnc2n(C)c1=O. The molecule has 3 rings (SSSR count). The van der Waals surface area contributed by atoms with Crippen LogP contribution < -0.4 is 11.2 Å². The zero-order valence-electron chi connectivity index (χ0n) is 12.3. The molecule has 0 radical (unpaired) electrons. The van der Waals surface area contributed by atoms with Crippen LogP contribution in [0.25, 0.3) is 22.4 Å². The van der Waals surface area contributed by atoms with Gasteiger partial charge in [0.15, 0.2) is 11.2 Å². The maximum Gasteiger partial charge on any atom is 0.332 e. The zero-order valence-corrected chi connectivity index (χ0v) is 12.3. The summed E-state index contributed by atoms with van der Waals surface area (Å²) in [6, 6.07) is 5.75. The Balaban J connectivity index is 2.23. The molecule has 0 spiro atoms. The Labute approximate surface area is 128 Å². The van der Waals surface area contributed by atoms with Gasteiger partial charge >= 0.3 is 5.69 Å². The lowest BCUT2D eigenvalue weighted by molar-refractivity contribution is -0.384. The van der Waals surface area contributed by atoms with Crippen molar-refractivity contribution in [3.63, 3.8) is 0 Å². The number of nitrogens with zero attached hydrogens (tertiary/aromatic N) is 5. The number of benzene rings is 1. The van der Waals surface area contributed by atoms with Gasteiger partial charge in [0.05, 0.1) is 16.8 Å². The number of fused-ring (bicyclic) bond motifs is 1. The monoisotopic (exact) mass is 313 g/mol. The van der Waals surface area contributed by atoms with E-state index in [1.807, 2.05) is 0 Å². The lowest BCUT2D eigenvalue weighted by Crippen LogP contribution is -2.37. The molecule has 0 N–H and O–H groups in total. The minimum absolute atomic E-state index is 0.0409. The summed E-state index contributed by atoms with van der Waals surface area (Å²) in [4.78, 5) is 42.6. The highest BCUT2D eigenvalue weighted by Gasteiger charge is 2.13. The van der Waals surface area contributed by atoms with E-state index >= 15 is 0 Å². The summed E-state index contributed by atoms with van der Waals surface area (Å²) in [6.45, 7) is 0. The molecular weight excluding hydrogens is 302 g/mol. The number of aryl methyl sites for hydroxylation is 1. The molecule has 116 valence electrons. The van der Waals surface area contributed by atoms with Gasteiger partial charge in [0.25, 0.3) is 11.2 Å². The van der Waals surface area contributed by atoms with Crippen molar-refractivity contribution < 1.29 is 4.92 Å². The van der Waals surface area contributed by atoms with Gasteiger partial charge in [-0.1, -0.05) is 0 Å². The second-order valence-electron chi connectivity index (χ2n) is 4.94. The summed E-state index contributed by atoms with van der Waals surface area (Å²) < 4.78 is 2.19. The van der Waals surface area contributed by atoms with Crippen molar-refractivity contribution in [3.05, 3.63) is 61.4 Å². The Morgan fingerprint density at radius 1 is 1.09 bits per heavy atom. The molecule has 0 fully saturated rings. The normalized spacial score (nSPS) is 10.9. The molecule has 0 unspecified atom stereocenters. The first-order chi connectivity index (χ1) is 10.9. The lowest BCUT2D eigenvalue weighted by Gasteiger charge is -2.07. The highest BCUT2D eigenvalue weighted by Crippen LogP contribution is 2.20. The standard InChI is InChI=1S/C14H11N5O4/c1-17-12-11(13(20)18(2)14(17)21)16-10(7-15-12)8-3-5-9(6-4-8)19(22)23/h3-7H,1-2H3. The third-order valence-corrected chi connectivity index (χ3v) is 3.53. The van der Waals surface area contributed by atoms with Crippen molar-refractivity contribution in [1.29, 1.82) is 0 Å². The van der Waals surface area contributed by atoms with Gasteiger partial charge in [-0.15, -0.1) is 0 Å². The number of nitro benzene ring substituents is 1. The molecule has 0 saturated carbocycles. The zero-order chi connectivity index (χ0) is 16.7. The molecule has 23 heavy (non-hydrogen) atoms. The summed E-state index contributed by atoms with van der Waals surface area (Å²) in [6.07, 6.45) is 1.42. The first-order valence-electron chi connectivity index (χ1n) is 6.57. The number of rotatable bonds is 2. The van der Waals surface area contributed by atoms with E-state index in [1.165, 1.54) is 49.1 Å². The van der Waals surface area contributed by atoms with E-state index in [-0.39, 0.29) is 16.9 Å². The largest absolute Gasteiger partial charge is 0.332 e. The van der Waals surface area contributed by atoms with Gasteiger partial charge in [-0.25, -0.2) is 14.8 Å². The molecule has 0 aliphatic rings. The van der Waals surface area contributed by atoms with E-state index in [1.54, 1.807) is 0 Å². The summed E-state index contributed by atoms with van der Waals surface area (Å²) >= 11 is 0. The molecule has 0 aliphatic heterocycles. The molecular formula is C14H11N5O4. The predicted octanol–water partition coefficient (Wildman–Crippen LogP) is 0.602. The average molecular weight is 313 g/mol. The Kier molecular flexibility index (Phi) is 3.25. The number of aromatic nitrogens is 4. The van der Waals surface area contributed by atoms with Crippen molar-refractivity contribution >= 4 is 16.9 Å². The third-order valence-electron chi connectivity index (χ3n) is 3.53. The molecule has 0 atom stereocenters. The quantitative estimate of drug-likeness (QED) is 0.506. The second-order valence-corrected chi connectivity index (χ2v) is 4.94. The number of hydrogen-bond acceptors (Lipinski definition) is 6. The fraction of sp³-hybridized carbons (Fsp3) is 0.143. The smallest absolute Gasteiger partial charge is 0.279 e. The van der Waals surface area contributed by atoms with Crippen molar-refractivity contribution in [3.8, 4) is 11.3 Å². The van der Waals surface area contributed by atoms with Crippen LogP contribution in [0.4, 0.5) is 5.69 Å². The number of non-ortho nitro benzene ring substituents is 1. The number of hydrogen-bond donors (Lipinski definition) is 0. The van der Waals surface area contributed by atoms with E-state index < -0.39 is 16.2 Å². The van der Waals surface area contributed by atoms with Crippen molar-refractivity contribution in [2.45, 2.75) is 0 Å². The van der Waals surface area contributed by atoms with E-state index in [4.69, 9.17) is 0 Å². The first-order valence-corrected chi connectivity index (χ1v) is 6.57. The van der Waals surface area contributed by atoms with Crippen LogP contribution in [0.5, 0.6) is 0 Å². The van der Waals surface area contributed by atoms with Crippen LogP contribution in [0.3, 0.4) is 0 Å². The van der Waals surface area contributed by atoms with Crippen LogP contribution in [0, 0.1) is 10.1 Å². The topological polar surface area (TPSA) is 113 Å². The maximum absolute atomic E-state index is 12.2. The van der Waals surface area contributed by atoms with Crippen molar-refractivity contribution in [1.82, 2.24) is 19.1 Å².